The molecule has 3 aromatic carbocycles. The molecule has 1 fully saturated rings. The lowest BCUT2D eigenvalue weighted by Crippen LogP contribution is -2.38. The molecule has 2 aromatic heterocycles. The number of nitriles is 1. The molecule has 45 heavy (non-hydrogen) atoms. The second kappa shape index (κ2) is 12.7. The molecule has 0 saturated carbocycles. The first-order valence-electron chi connectivity index (χ1n) is 13.9. The third-order valence-electron chi connectivity index (χ3n) is 7.68. The number of fused-ring (bicyclic) bond motifs is 1. The first-order valence-corrected chi connectivity index (χ1v) is 15.0. The highest BCUT2D eigenvalue weighted by atomic mass is 79.9. The number of rotatable bonds is 7. The molecule has 5 aromatic rings. The summed E-state index contributed by atoms with van der Waals surface area (Å²) < 4.78 is 30.1. The molecule has 14 heteroatoms. The maximum Gasteiger partial charge on any atom is 0.407 e. The zero-order valence-electron chi connectivity index (χ0n) is 23.4. The molecule has 1 aliphatic rings. The van der Waals surface area contributed by atoms with Crippen molar-refractivity contribution in [3.05, 3.63) is 105 Å². The number of benzene rings is 3. The van der Waals surface area contributed by atoms with Crippen LogP contribution in [0, 0.1) is 23.0 Å². The lowest BCUT2D eigenvalue weighted by atomic mass is 10.0. The van der Waals surface area contributed by atoms with Gasteiger partial charge in [0.25, 0.3) is 0 Å². The Morgan fingerprint density at radius 2 is 1.87 bits per heavy atom. The minimum Gasteiger partial charge on any atom is -0.465 e. The summed E-state index contributed by atoms with van der Waals surface area (Å²) in [6.45, 7) is 0.804. The number of halogens is 4. The molecule has 1 saturated heterocycles. The number of piperidine rings is 1. The molecule has 0 bridgehead atoms. The van der Waals surface area contributed by atoms with Crippen LogP contribution < -0.4 is 10.6 Å². The maximum atomic E-state index is 13.9. The summed E-state index contributed by atoms with van der Waals surface area (Å²) in [5.74, 6) is -0.947. The fourth-order valence-electron chi connectivity index (χ4n) is 5.35. The van der Waals surface area contributed by atoms with Crippen LogP contribution in [-0.2, 0) is 0 Å². The number of hydrogen-bond acceptors (Lipinski definition) is 7. The Balaban J connectivity index is 1.37. The van der Waals surface area contributed by atoms with Gasteiger partial charge in [0, 0.05) is 40.5 Å². The van der Waals surface area contributed by atoms with E-state index in [0.717, 1.165) is 5.56 Å². The quantitative estimate of drug-likeness (QED) is 0.158. The van der Waals surface area contributed by atoms with E-state index in [4.69, 9.17) is 11.6 Å². The average Bonchev–Trinajstić information content (AvgIpc) is 3.53. The number of carbonyl (C=O) groups is 1. The van der Waals surface area contributed by atoms with Crippen LogP contribution in [0.5, 0.6) is 0 Å². The molecule has 1 unspecified atom stereocenters. The molecule has 228 valence electrons. The molecule has 1 aliphatic heterocycles. The number of nitrogens with one attached hydrogen (secondary N) is 2. The van der Waals surface area contributed by atoms with Gasteiger partial charge in [-0.05, 0) is 76.8 Å². The first kappa shape index (κ1) is 30.2. The molecule has 0 aliphatic carbocycles. The van der Waals surface area contributed by atoms with Gasteiger partial charge >= 0.3 is 6.09 Å². The lowest BCUT2D eigenvalue weighted by Gasteiger charge is -2.29. The van der Waals surface area contributed by atoms with Crippen molar-refractivity contribution in [3.8, 4) is 6.07 Å². The Hall–Kier alpha value is -4.80. The Morgan fingerprint density at radius 3 is 2.56 bits per heavy atom. The number of nitrogens with zero attached hydrogens (tertiary/aromatic N) is 6. The third kappa shape index (κ3) is 6.38. The fraction of sp³-hybridized carbons (Fsp3) is 0.194. The summed E-state index contributed by atoms with van der Waals surface area (Å²) in [4.78, 5) is 17.2. The number of likely N-dealkylation sites (tertiary alicyclic amines) is 1. The minimum atomic E-state index is -0.938. The predicted octanol–water partition coefficient (Wildman–Crippen LogP) is 7.65. The van der Waals surface area contributed by atoms with Gasteiger partial charge in [0.05, 0.1) is 40.1 Å². The van der Waals surface area contributed by atoms with E-state index in [1.807, 2.05) is 18.3 Å². The van der Waals surface area contributed by atoms with Crippen LogP contribution in [-0.4, -0.2) is 49.2 Å². The monoisotopic (exact) mass is 692 g/mol. The second-order valence-electron chi connectivity index (χ2n) is 10.5. The molecular formula is C31H24BrClF2N8O2. The van der Waals surface area contributed by atoms with E-state index in [-0.39, 0.29) is 22.4 Å². The lowest BCUT2D eigenvalue weighted by molar-refractivity contribution is 0.123. The van der Waals surface area contributed by atoms with Crippen molar-refractivity contribution in [1.82, 2.24) is 24.9 Å². The first-order chi connectivity index (χ1) is 21.7. The molecule has 3 heterocycles. The smallest absolute Gasteiger partial charge is 0.407 e. The molecule has 1 atom stereocenters. The van der Waals surface area contributed by atoms with Gasteiger partial charge in [-0.1, -0.05) is 28.9 Å². The zero-order chi connectivity index (χ0) is 31.7. The summed E-state index contributed by atoms with van der Waals surface area (Å²) >= 11 is 9.61. The molecule has 10 nitrogen and oxygen atoms in total. The van der Waals surface area contributed by atoms with Gasteiger partial charge in [0.2, 0.25) is 0 Å². The number of hydrogen-bond donors (Lipinski definition) is 3. The summed E-state index contributed by atoms with van der Waals surface area (Å²) in [5, 5.41) is 35.2. The van der Waals surface area contributed by atoms with E-state index < -0.39 is 18.0 Å². The Kier molecular flexibility index (Phi) is 8.51. The zero-order valence-corrected chi connectivity index (χ0v) is 25.7. The molecule has 1 amide bonds. The number of aromatic nitrogens is 4. The van der Waals surface area contributed by atoms with Gasteiger partial charge in [-0.25, -0.2) is 18.3 Å². The van der Waals surface area contributed by atoms with Crippen LogP contribution in [0.1, 0.15) is 41.7 Å². The van der Waals surface area contributed by atoms with Crippen LogP contribution >= 0.6 is 27.5 Å². The van der Waals surface area contributed by atoms with Gasteiger partial charge in [-0.2, -0.15) is 5.26 Å². The third-order valence-corrected chi connectivity index (χ3v) is 8.58. The van der Waals surface area contributed by atoms with Crippen LogP contribution in [0.15, 0.2) is 71.5 Å². The Morgan fingerprint density at radius 1 is 1.11 bits per heavy atom. The largest absolute Gasteiger partial charge is 0.465 e. The van der Waals surface area contributed by atoms with Crippen molar-refractivity contribution in [2.75, 3.05) is 23.7 Å². The molecule has 0 radical (unpaired) electrons. The van der Waals surface area contributed by atoms with E-state index in [1.54, 1.807) is 16.8 Å². The van der Waals surface area contributed by atoms with Gasteiger partial charge in [0.1, 0.15) is 23.4 Å². The second-order valence-corrected chi connectivity index (χ2v) is 11.8. The SMILES string of the molecule is N#Cc1cnc2c(Br)cc(NC(c3ccc(F)cc3)c3cn(C4CCN(C(=O)O)CC4)nn3)cc2c1Nc1ccc(F)c(Cl)c1. The highest BCUT2D eigenvalue weighted by molar-refractivity contribution is 9.10. The van der Waals surface area contributed by atoms with Crippen molar-refractivity contribution < 1.29 is 18.7 Å². The van der Waals surface area contributed by atoms with Gasteiger partial charge < -0.3 is 20.6 Å². The molecule has 0 spiro atoms. The molecule has 6 rings (SSSR count). The Labute approximate surface area is 269 Å². The summed E-state index contributed by atoms with van der Waals surface area (Å²) in [6.07, 6.45) is 3.54. The van der Waals surface area contributed by atoms with Gasteiger partial charge in [-0.15, -0.1) is 5.10 Å². The van der Waals surface area contributed by atoms with Crippen molar-refractivity contribution >= 4 is 61.6 Å². The van der Waals surface area contributed by atoms with E-state index in [0.29, 0.717) is 64.1 Å². The highest BCUT2D eigenvalue weighted by Crippen LogP contribution is 2.37. The summed E-state index contributed by atoms with van der Waals surface area (Å²) in [7, 11) is 0. The van der Waals surface area contributed by atoms with Crippen LogP contribution in [0.2, 0.25) is 5.02 Å². The normalized spacial score (nSPS) is 14.2. The molecular weight excluding hydrogens is 670 g/mol. The number of pyridine rings is 1. The Bertz CT molecular complexity index is 1940. The average molecular weight is 694 g/mol. The number of carboxylic acid groups (broad SMARTS) is 1. The predicted molar refractivity (Wildman–Crippen MR) is 169 cm³/mol. The summed E-state index contributed by atoms with van der Waals surface area (Å²) in [6, 6.07) is 15.5. The van der Waals surface area contributed by atoms with Gasteiger partial charge in [0.15, 0.2) is 0 Å². The van der Waals surface area contributed by atoms with Crippen molar-refractivity contribution in [2.24, 2.45) is 0 Å². The van der Waals surface area contributed by atoms with Crippen molar-refractivity contribution in [1.29, 1.82) is 5.26 Å². The van der Waals surface area contributed by atoms with Crippen LogP contribution in [0.4, 0.5) is 30.6 Å². The maximum absolute atomic E-state index is 13.9. The van der Waals surface area contributed by atoms with Crippen molar-refractivity contribution in [2.45, 2.75) is 24.9 Å². The van der Waals surface area contributed by atoms with Crippen molar-refractivity contribution in [3.63, 3.8) is 0 Å². The van der Waals surface area contributed by atoms with E-state index >= 15 is 0 Å². The van der Waals surface area contributed by atoms with E-state index in [9.17, 15) is 23.9 Å². The van der Waals surface area contributed by atoms with Gasteiger partial charge in [-0.3, -0.25) is 4.98 Å². The topological polar surface area (TPSA) is 132 Å². The standard InChI is InChI=1S/C31H24BrClF2N8O2/c32-24-12-21(11-23-28(18(14-36)15-37-30(23)24)38-20-5-6-26(35)25(33)13-20)39-29(17-1-3-19(34)4-2-17)27-16-43(41-40-27)22-7-9-42(10-8-22)31(44)45/h1-6,11-13,15-16,22,29,39H,7-10H2,(H,37,38)(H,44,45). The highest BCUT2D eigenvalue weighted by Gasteiger charge is 2.26. The molecule has 3 N–H and O–H groups in total. The number of anilines is 3. The minimum absolute atomic E-state index is 0.0189. The fourth-order valence-corrected chi connectivity index (χ4v) is 6.10. The van der Waals surface area contributed by atoms with Crippen LogP contribution in [0.25, 0.3) is 10.9 Å². The van der Waals surface area contributed by atoms with E-state index in [1.165, 1.54) is 41.4 Å². The summed E-state index contributed by atoms with van der Waals surface area (Å²) in [5.41, 5.74) is 3.70. The van der Waals surface area contributed by atoms with E-state index in [2.05, 4.69) is 47.9 Å². The number of amides is 1. The van der Waals surface area contributed by atoms with Crippen LogP contribution in [0.3, 0.4) is 0 Å².